The van der Waals surface area contributed by atoms with Gasteiger partial charge in [0.05, 0.1) is 0 Å². The van der Waals surface area contributed by atoms with E-state index in [9.17, 15) is 9.59 Å². The lowest BCUT2D eigenvalue weighted by Crippen LogP contribution is -2.18. The molecule has 4 nitrogen and oxygen atoms in total. The molecule has 1 atom stereocenters. The van der Waals surface area contributed by atoms with E-state index in [1.165, 1.54) is 161 Å². The summed E-state index contributed by atoms with van der Waals surface area (Å²) in [7, 11) is 0. The van der Waals surface area contributed by atoms with Gasteiger partial charge < -0.3 is 9.84 Å². The third kappa shape index (κ3) is 33.4. The van der Waals surface area contributed by atoms with Crippen LogP contribution in [0.4, 0.5) is 0 Å². The van der Waals surface area contributed by atoms with Gasteiger partial charge in [-0.1, -0.05) is 181 Å². The Balaban J connectivity index is 3.78. The number of carboxylic acids is 1. The van der Waals surface area contributed by atoms with Crippen molar-refractivity contribution in [2.24, 2.45) is 0 Å². The summed E-state index contributed by atoms with van der Waals surface area (Å²) in [4.78, 5) is 23.4. The van der Waals surface area contributed by atoms with Crippen LogP contribution in [0.25, 0.3) is 0 Å². The zero-order valence-electron chi connectivity index (χ0n) is 28.6. The van der Waals surface area contributed by atoms with E-state index in [4.69, 9.17) is 9.84 Å². The van der Waals surface area contributed by atoms with E-state index >= 15 is 0 Å². The van der Waals surface area contributed by atoms with Crippen molar-refractivity contribution in [1.82, 2.24) is 0 Å². The number of unbranched alkanes of at least 4 members (excludes halogenated alkanes) is 26. The topological polar surface area (TPSA) is 63.6 Å². The van der Waals surface area contributed by atoms with E-state index in [0.717, 1.165) is 25.7 Å². The van der Waals surface area contributed by atoms with E-state index in [-0.39, 0.29) is 18.5 Å². The van der Waals surface area contributed by atoms with Gasteiger partial charge >= 0.3 is 11.9 Å². The van der Waals surface area contributed by atoms with Crippen LogP contribution in [0.1, 0.15) is 226 Å². The first-order chi connectivity index (χ1) is 20.6. The molecule has 0 heterocycles. The summed E-state index contributed by atoms with van der Waals surface area (Å²) in [6, 6.07) is 0. The summed E-state index contributed by atoms with van der Waals surface area (Å²) in [6.45, 7) is 4.55. The smallest absolute Gasteiger partial charge is 0.306 e. The van der Waals surface area contributed by atoms with Gasteiger partial charge in [-0.05, 0) is 32.1 Å². The second kappa shape index (κ2) is 34.4. The van der Waals surface area contributed by atoms with E-state index < -0.39 is 5.97 Å². The molecule has 1 unspecified atom stereocenters. The molecule has 0 bridgehead atoms. The lowest BCUT2D eigenvalue weighted by Gasteiger charge is -2.18. The molecular formula is C38H74O4. The van der Waals surface area contributed by atoms with E-state index in [0.29, 0.717) is 19.3 Å². The first-order valence-corrected chi connectivity index (χ1v) is 19.0. The monoisotopic (exact) mass is 595 g/mol. The molecule has 0 amide bonds. The maximum atomic E-state index is 12.5. The Hall–Kier alpha value is -1.06. The fourth-order valence-electron chi connectivity index (χ4n) is 6.02. The van der Waals surface area contributed by atoms with E-state index in [2.05, 4.69) is 13.8 Å². The zero-order valence-corrected chi connectivity index (χ0v) is 28.6. The van der Waals surface area contributed by atoms with Crippen molar-refractivity contribution >= 4 is 11.9 Å². The van der Waals surface area contributed by atoms with Gasteiger partial charge in [0.1, 0.15) is 6.10 Å². The molecule has 0 aliphatic rings. The standard InChI is InChI=1S/C38H74O4/c1-3-5-7-9-11-13-15-17-18-20-21-23-25-27-29-32-36(33-31-34-37(39)40)42-38(41)35-30-28-26-24-22-19-16-14-12-10-8-6-4-2/h36H,3-35H2,1-2H3,(H,39,40). The molecule has 0 saturated heterocycles. The molecule has 0 aromatic heterocycles. The fourth-order valence-corrected chi connectivity index (χ4v) is 6.02. The number of hydrogen-bond acceptors (Lipinski definition) is 3. The first kappa shape index (κ1) is 40.9. The fraction of sp³-hybridized carbons (Fsp3) is 0.947. The average Bonchev–Trinajstić information content (AvgIpc) is 2.97. The molecule has 0 fully saturated rings. The highest BCUT2D eigenvalue weighted by Crippen LogP contribution is 2.18. The molecule has 1 N–H and O–H groups in total. The van der Waals surface area contributed by atoms with E-state index in [1.54, 1.807) is 0 Å². The minimum Gasteiger partial charge on any atom is -0.481 e. The van der Waals surface area contributed by atoms with Gasteiger partial charge in [0.25, 0.3) is 0 Å². The van der Waals surface area contributed by atoms with Crippen LogP contribution in [-0.4, -0.2) is 23.1 Å². The van der Waals surface area contributed by atoms with Gasteiger partial charge in [-0.2, -0.15) is 0 Å². The van der Waals surface area contributed by atoms with Gasteiger partial charge in [-0.25, -0.2) is 0 Å². The highest BCUT2D eigenvalue weighted by molar-refractivity contribution is 5.69. The van der Waals surface area contributed by atoms with Gasteiger partial charge in [-0.15, -0.1) is 0 Å². The predicted octanol–water partition coefficient (Wildman–Crippen LogP) is 12.9. The number of esters is 1. The summed E-state index contributed by atoms with van der Waals surface area (Å²) in [5, 5.41) is 9.00. The van der Waals surface area contributed by atoms with Crippen LogP contribution < -0.4 is 0 Å². The van der Waals surface area contributed by atoms with Crippen LogP contribution in [0.5, 0.6) is 0 Å². The Morgan fingerprint density at radius 2 is 0.738 bits per heavy atom. The number of carboxylic acid groups (broad SMARTS) is 1. The van der Waals surface area contributed by atoms with Gasteiger partial charge in [0.2, 0.25) is 0 Å². The molecule has 0 aliphatic carbocycles. The third-order valence-corrected chi connectivity index (χ3v) is 8.83. The number of hydrogen-bond donors (Lipinski definition) is 1. The Morgan fingerprint density at radius 3 is 1.10 bits per heavy atom. The SMILES string of the molecule is CCCCCCCCCCCCCCCCCC(CCCC(=O)O)OC(=O)CCCCCCCCCCCCCCC. The van der Waals surface area contributed by atoms with Gasteiger partial charge in [0.15, 0.2) is 0 Å². The Bertz CT molecular complexity index is 561. The minimum absolute atomic E-state index is 0.0839. The summed E-state index contributed by atoms with van der Waals surface area (Å²) in [5.74, 6) is -0.849. The maximum Gasteiger partial charge on any atom is 0.306 e. The minimum atomic E-state index is -0.765. The maximum absolute atomic E-state index is 12.5. The summed E-state index contributed by atoms with van der Waals surface area (Å²) < 4.78 is 5.83. The predicted molar refractivity (Wildman–Crippen MR) is 181 cm³/mol. The number of carbonyl (C=O) groups is 2. The molecule has 0 aromatic carbocycles. The quantitative estimate of drug-likeness (QED) is 0.0585. The van der Waals surface area contributed by atoms with Crippen molar-refractivity contribution in [3.63, 3.8) is 0 Å². The number of aliphatic carboxylic acids is 1. The van der Waals surface area contributed by atoms with Crippen LogP contribution in [0.2, 0.25) is 0 Å². The number of ether oxygens (including phenoxy) is 1. The Kier molecular flexibility index (Phi) is 33.6. The van der Waals surface area contributed by atoms with Crippen LogP contribution in [0, 0.1) is 0 Å². The van der Waals surface area contributed by atoms with Crippen molar-refractivity contribution in [2.75, 3.05) is 0 Å². The van der Waals surface area contributed by atoms with Crippen LogP contribution in [0.15, 0.2) is 0 Å². The van der Waals surface area contributed by atoms with Crippen LogP contribution in [0.3, 0.4) is 0 Å². The molecule has 0 spiro atoms. The molecule has 0 saturated carbocycles. The number of rotatable bonds is 35. The van der Waals surface area contributed by atoms with Crippen molar-refractivity contribution in [1.29, 1.82) is 0 Å². The second-order valence-corrected chi connectivity index (χ2v) is 13.1. The third-order valence-electron chi connectivity index (χ3n) is 8.83. The largest absolute Gasteiger partial charge is 0.481 e. The van der Waals surface area contributed by atoms with Crippen molar-refractivity contribution in [2.45, 2.75) is 232 Å². The molecule has 42 heavy (non-hydrogen) atoms. The lowest BCUT2D eigenvalue weighted by atomic mass is 10.0. The highest BCUT2D eigenvalue weighted by Gasteiger charge is 2.15. The van der Waals surface area contributed by atoms with Crippen molar-refractivity contribution in [3.05, 3.63) is 0 Å². The molecule has 250 valence electrons. The molecule has 0 radical (unpaired) electrons. The molecular weight excluding hydrogens is 520 g/mol. The lowest BCUT2D eigenvalue weighted by molar-refractivity contribution is -0.150. The average molecular weight is 595 g/mol. The van der Waals surface area contributed by atoms with E-state index in [1.807, 2.05) is 0 Å². The number of carbonyl (C=O) groups excluding carboxylic acids is 1. The molecule has 0 aliphatic heterocycles. The van der Waals surface area contributed by atoms with Crippen molar-refractivity contribution in [3.8, 4) is 0 Å². The summed E-state index contributed by atoms with van der Waals surface area (Å²) >= 11 is 0. The van der Waals surface area contributed by atoms with Crippen molar-refractivity contribution < 1.29 is 19.4 Å². The molecule has 0 rings (SSSR count). The molecule has 0 aromatic rings. The van der Waals surface area contributed by atoms with Gasteiger partial charge in [-0.3, -0.25) is 9.59 Å². The highest BCUT2D eigenvalue weighted by atomic mass is 16.5. The summed E-state index contributed by atoms with van der Waals surface area (Å²) in [6.07, 6.45) is 39.7. The normalized spacial score (nSPS) is 12.0. The second-order valence-electron chi connectivity index (χ2n) is 13.1. The van der Waals surface area contributed by atoms with Gasteiger partial charge in [0, 0.05) is 12.8 Å². The first-order valence-electron chi connectivity index (χ1n) is 19.0. The van der Waals surface area contributed by atoms with Crippen LogP contribution in [-0.2, 0) is 14.3 Å². The van der Waals surface area contributed by atoms with Crippen LogP contribution >= 0.6 is 0 Å². The Morgan fingerprint density at radius 1 is 0.429 bits per heavy atom. The summed E-state index contributed by atoms with van der Waals surface area (Å²) in [5.41, 5.74) is 0. The molecule has 4 heteroatoms. The zero-order chi connectivity index (χ0) is 30.8. The Labute approximate surface area is 262 Å².